The van der Waals surface area contributed by atoms with Crippen molar-refractivity contribution in [2.24, 2.45) is 5.92 Å². The van der Waals surface area contributed by atoms with Gasteiger partial charge in [0, 0.05) is 17.5 Å². The summed E-state index contributed by atoms with van der Waals surface area (Å²) in [6.45, 7) is 3.54. The monoisotopic (exact) mass is 323 g/mol. The average molecular weight is 323 g/mol. The number of carbonyl (C=O) groups excluding carboxylic acids is 3. The van der Waals surface area contributed by atoms with E-state index in [1.54, 1.807) is 26.0 Å². The van der Waals surface area contributed by atoms with Crippen LogP contribution in [0.1, 0.15) is 13.8 Å². The number of hydrogen-bond donors (Lipinski definition) is 0. The smallest absolute Gasteiger partial charge is 0.335 e. The topological polar surface area (TPSA) is 63.7 Å². The number of nitrogens with zero attached hydrogens (tertiary/aromatic N) is 1. The second-order valence-electron chi connectivity index (χ2n) is 5.97. The van der Waals surface area contributed by atoms with Crippen LogP contribution in [-0.4, -0.2) is 28.7 Å². The third-order valence-electron chi connectivity index (χ3n) is 3.95. The summed E-state index contributed by atoms with van der Waals surface area (Å²) in [6.07, 6.45) is 2.34. The van der Waals surface area contributed by atoms with Crippen molar-refractivity contribution in [2.75, 3.05) is 0 Å². The molecular weight excluding hydrogens is 306 g/mol. The number of rotatable bonds is 4. The van der Waals surface area contributed by atoms with E-state index in [-0.39, 0.29) is 5.92 Å². The highest BCUT2D eigenvalue weighted by Crippen LogP contribution is 2.27. The SMILES string of the molecule is CC(C)[C@@H](C(=O)Oc1cccc2ccccc12)N1C(=O)C=CC1=O. The van der Waals surface area contributed by atoms with Gasteiger partial charge in [-0.15, -0.1) is 0 Å². The molecular formula is C19H17NO4. The molecule has 2 aromatic carbocycles. The highest BCUT2D eigenvalue weighted by molar-refractivity contribution is 6.15. The molecule has 122 valence electrons. The fourth-order valence-corrected chi connectivity index (χ4v) is 2.82. The lowest BCUT2D eigenvalue weighted by atomic mass is 10.0. The Morgan fingerprint density at radius 2 is 1.58 bits per heavy atom. The van der Waals surface area contributed by atoms with Crippen molar-refractivity contribution in [3.05, 3.63) is 54.6 Å². The first-order valence-corrected chi connectivity index (χ1v) is 7.73. The summed E-state index contributed by atoms with van der Waals surface area (Å²) in [5, 5.41) is 1.74. The summed E-state index contributed by atoms with van der Waals surface area (Å²) in [5.74, 6) is -1.45. The molecule has 0 spiro atoms. The summed E-state index contributed by atoms with van der Waals surface area (Å²) < 4.78 is 5.55. The van der Waals surface area contributed by atoms with Gasteiger partial charge < -0.3 is 4.74 Å². The zero-order valence-corrected chi connectivity index (χ0v) is 13.4. The third kappa shape index (κ3) is 2.80. The van der Waals surface area contributed by atoms with Crippen molar-refractivity contribution in [1.82, 2.24) is 4.90 Å². The molecule has 1 aliphatic heterocycles. The van der Waals surface area contributed by atoms with Crippen LogP contribution in [-0.2, 0) is 14.4 Å². The molecule has 0 N–H and O–H groups in total. The van der Waals surface area contributed by atoms with E-state index in [0.717, 1.165) is 15.7 Å². The van der Waals surface area contributed by atoms with Crippen LogP contribution in [0, 0.1) is 5.92 Å². The first kappa shape index (κ1) is 15.9. The molecule has 2 aromatic rings. The lowest BCUT2D eigenvalue weighted by Gasteiger charge is -2.27. The van der Waals surface area contributed by atoms with Gasteiger partial charge in [0.25, 0.3) is 11.8 Å². The molecule has 0 aliphatic carbocycles. The lowest BCUT2D eigenvalue weighted by molar-refractivity contribution is -0.153. The Kier molecular flexibility index (Phi) is 4.16. The largest absolute Gasteiger partial charge is 0.424 e. The van der Waals surface area contributed by atoms with Gasteiger partial charge in [-0.2, -0.15) is 0 Å². The maximum Gasteiger partial charge on any atom is 0.335 e. The summed E-state index contributed by atoms with van der Waals surface area (Å²) in [5.41, 5.74) is 0. The van der Waals surface area contributed by atoms with Crippen LogP contribution in [0.3, 0.4) is 0 Å². The second-order valence-corrected chi connectivity index (χ2v) is 5.97. The van der Waals surface area contributed by atoms with Crippen LogP contribution in [0.4, 0.5) is 0 Å². The highest BCUT2D eigenvalue weighted by Gasteiger charge is 2.39. The van der Waals surface area contributed by atoms with Gasteiger partial charge in [-0.1, -0.05) is 50.2 Å². The molecule has 0 fully saturated rings. The molecule has 5 nitrogen and oxygen atoms in total. The molecule has 0 saturated carbocycles. The Labute approximate surface area is 139 Å². The molecule has 1 atom stereocenters. The van der Waals surface area contributed by atoms with E-state index >= 15 is 0 Å². The minimum atomic E-state index is -0.959. The fourth-order valence-electron chi connectivity index (χ4n) is 2.82. The van der Waals surface area contributed by atoms with E-state index < -0.39 is 23.8 Å². The van der Waals surface area contributed by atoms with Gasteiger partial charge >= 0.3 is 5.97 Å². The van der Waals surface area contributed by atoms with Crippen molar-refractivity contribution in [1.29, 1.82) is 0 Å². The number of amides is 2. The van der Waals surface area contributed by atoms with E-state index in [0.29, 0.717) is 5.75 Å². The zero-order valence-electron chi connectivity index (χ0n) is 13.4. The number of hydrogen-bond acceptors (Lipinski definition) is 4. The quantitative estimate of drug-likeness (QED) is 0.493. The maximum atomic E-state index is 12.7. The Morgan fingerprint density at radius 1 is 0.958 bits per heavy atom. The minimum Gasteiger partial charge on any atom is -0.424 e. The molecule has 0 saturated heterocycles. The second kappa shape index (κ2) is 6.28. The van der Waals surface area contributed by atoms with E-state index in [4.69, 9.17) is 4.74 Å². The molecule has 0 radical (unpaired) electrons. The Morgan fingerprint density at radius 3 is 2.25 bits per heavy atom. The van der Waals surface area contributed by atoms with Gasteiger partial charge in [0.1, 0.15) is 11.8 Å². The van der Waals surface area contributed by atoms with E-state index in [1.165, 1.54) is 12.2 Å². The number of ether oxygens (including phenoxy) is 1. The molecule has 1 aliphatic rings. The Bertz CT molecular complexity index is 830. The zero-order chi connectivity index (χ0) is 17.3. The van der Waals surface area contributed by atoms with Crippen molar-refractivity contribution in [2.45, 2.75) is 19.9 Å². The normalized spacial score (nSPS) is 15.4. The van der Waals surface area contributed by atoms with Gasteiger partial charge in [-0.05, 0) is 17.4 Å². The Hall–Kier alpha value is -2.95. The Balaban J connectivity index is 1.91. The first-order chi connectivity index (χ1) is 11.5. The summed E-state index contributed by atoms with van der Waals surface area (Å²) in [7, 11) is 0. The molecule has 24 heavy (non-hydrogen) atoms. The van der Waals surface area contributed by atoms with Gasteiger partial charge in [0.2, 0.25) is 0 Å². The van der Waals surface area contributed by atoms with Gasteiger partial charge in [-0.3, -0.25) is 14.5 Å². The highest BCUT2D eigenvalue weighted by atomic mass is 16.5. The van der Waals surface area contributed by atoms with Crippen LogP contribution in [0.5, 0.6) is 5.75 Å². The molecule has 1 heterocycles. The van der Waals surface area contributed by atoms with Crippen LogP contribution < -0.4 is 4.74 Å². The van der Waals surface area contributed by atoms with Gasteiger partial charge in [0.05, 0.1) is 0 Å². The van der Waals surface area contributed by atoms with Crippen molar-refractivity contribution in [3.63, 3.8) is 0 Å². The van der Waals surface area contributed by atoms with Crippen LogP contribution in [0.15, 0.2) is 54.6 Å². The van der Waals surface area contributed by atoms with Gasteiger partial charge in [-0.25, -0.2) is 4.79 Å². The number of esters is 1. The third-order valence-corrected chi connectivity index (χ3v) is 3.95. The van der Waals surface area contributed by atoms with Crippen molar-refractivity contribution >= 4 is 28.6 Å². The summed E-state index contributed by atoms with van der Waals surface area (Å²) >= 11 is 0. The van der Waals surface area contributed by atoms with Crippen LogP contribution in [0.2, 0.25) is 0 Å². The van der Waals surface area contributed by atoms with Crippen LogP contribution in [0.25, 0.3) is 10.8 Å². The molecule has 0 unspecified atom stereocenters. The van der Waals surface area contributed by atoms with E-state index in [2.05, 4.69) is 0 Å². The fraction of sp³-hybridized carbons (Fsp3) is 0.211. The number of benzene rings is 2. The van der Waals surface area contributed by atoms with E-state index in [9.17, 15) is 14.4 Å². The summed E-state index contributed by atoms with van der Waals surface area (Å²) in [4.78, 5) is 37.5. The molecule has 0 aromatic heterocycles. The van der Waals surface area contributed by atoms with Crippen LogP contribution >= 0.6 is 0 Å². The maximum absolute atomic E-state index is 12.7. The lowest BCUT2D eigenvalue weighted by Crippen LogP contribution is -2.49. The number of fused-ring (bicyclic) bond motifs is 1. The molecule has 5 heteroatoms. The predicted octanol–water partition coefficient (Wildman–Crippen LogP) is 2.69. The summed E-state index contributed by atoms with van der Waals surface area (Å²) in [6, 6.07) is 12.0. The number of carbonyl (C=O) groups is 3. The van der Waals surface area contributed by atoms with Crippen molar-refractivity contribution in [3.8, 4) is 5.75 Å². The predicted molar refractivity (Wildman–Crippen MR) is 89.2 cm³/mol. The number of imide groups is 1. The van der Waals surface area contributed by atoms with E-state index in [1.807, 2.05) is 30.3 Å². The van der Waals surface area contributed by atoms with Crippen molar-refractivity contribution < 1.29 is 19.1 Å². The first-order valence-electron chi connectivity index (χ1n) is 7.73. The standard InChI is InChI=1S/C19H17NO4/c1-12(2)18(20-16(21)10-11-17(20)22)19(23)24-15-9-5-7-13-6-3-4-8-14(13)15/h3-12,18H,1-2H3/t18-/m0/s1. The minimum absolute atomic E-state index is 0.264. The van der Waals surface area contributed by atoms with Gasteiger partial charge in [0.15, 0.2) is 0 Å². The average Bonchev–Trinajstić information content (AvgIpc) is 2.87. The molecule has 2 amide bonds. The molecule has 0 bridgehead atoms. The molecule has 3 rings (SSSR count).